The first-order valence-electron chi connectivity index (χ1n) is 4.84. The molecule has 0 fully saturated rings. The Balaban J connectivity index is 2.58. The van der Waals surface area contributed by atoms with Gasteiger partial charge in [-0.3, -0.25) is 0 Å². The number of hydrogen-bond donors (Lipinski definition) is 1. The number of ether oxygens (including phenoxy) is 1. The van der Waals surface area contributed by atoms with Crippen LogP contribution in [-0.2, 0) is 10.5 Å². The number of esters is 1. The molecule has 2 N–H and O–H groups in total. The highest BCUT2D eigenvalue weighted by Crippen LogP contribution is 2.15. The summed E-state index contributed by atoms with van der Waals surface area (Å²) < 4.78 is 4.62. The van der Waals surface area contributed by atoms with Crippen LogP contribution in [-0.4, -0.2) is 13.1 Å². The summed E-state index contributed by atoms with van der Waals surface area (Å²) in [5.41, 5.74) is 8.04. The number of thioether (sulfide) groups is 1. The number of benzene rings is 1. The van der Waals surface area contributed by atoms with Crippen LogP contribution in [0.3, 0.4) is 0 Å². The summed E-state index contributed by atoms with van der Waals surface area (Å²) in [6.07, 6.45) is 0. The molecule has 1 rings (SSSR count). The number of carbonyl (C=O) groups is 1. The molecular weight excluding hydrogens is 222 g/mol. The van der Waals surface area contributed by atoms with Crippen LogP contribution in [0.1, 0.15) is 22.8 Å². The van der Waals surface area contributed by atoms with Crippen molar-refractivity contribution < 1.29 is 9.53 Å². The zero-order valence-corrected chi connectivity index (χ0v) is 10.2. The first-order valence-corrected chi connectivity index (χ1v) is 5.89. The van der Waals surface area contributed by atoms with Crippen molar-refractivity contribution in [2.45, 2.75) is 12.7 Å². The number of hydrogen-bond acceptors (Lipinski definition) is 4. The van der Waals surface area contributed by atoms with E-state index in [-0.39, 0.29) is 5.97 Å². The van der Waals surface area contributed by atoms with E-state index in [2.05, 4.69) is 4.74 Å². The molecule has 3 nitrogen and oxygen atoms in total. The summed E-state index contributed by atoms with van der Waals surface area (Å²) in [5, 5.41) is 1.91. The van der Waals surface area contributed by atoms with Gasteiger partial charge >= 0.3 is 5.97 Å². The molecule has 0 aliphatic rings. The molecule has 0 saturated heterocycles. The van der Waals surface area contributed by atoms with Crippen LogP contribution in [0.15, 0.2) is 35.4 Å². The van der Waals surface area contributed by atoms with E-state index in [9.17, 15) is 4.79 Å². The van der Waals surface area contributed by atoms with Gasteiger partial charge in [0.25, 0.3) is 0 Å². The van der Waals surface area contributed by atoms with Crippen LogP contribution in [0, 0.1) is 0 Å². The van der Waals surface area contributed by atoms with Gasteiger partial charge in [0.2, 0.25) is 0 Å². The van der Waals surface area contributed by atoms with E-state index in [1.807, 2.05) is 24.5 Å². The molecule has 0 spiro atoms. The van der Waals surface area contributed by atoms with E-state index < -0.39 is 0 Å². The summed E-state index contributed by atoms with van der Waals surface area (Å²) in [5.74, 6) is 0.535. The van der Waals surface area contributed by atoms with Gasteiger partial charge < -0.3 is 10.5 Å². The summed E-state index contributed by atoms with van der Waals surface area (Å²) >= 11 is 1.63. The number of nitrogens with two attached hydrogens (primary N) is 1. The first kappa shape index (κ1) is 12.6. The van der Waals surface area contributed by atoms with Crippen LogP contribution in [0.25, 0.3) is 0 Å². The molecule has 0 aliphatic carbocycles. The molecule has 0 heterocycles. The molecule has 0 aromatic heterocycles. The number of allylic oxidation sites excluding steroid dienone is 1. The normalized spacial score (nSPS) is 11.2. The molecule has 4 heteroatoms. The van der Waals surface area contributed by atoms with Gasteiger partial charge in [-0.25, -0.2) is 4.79 Å². The smallest absolute Gasteiger partial charge is 0.337 e. The van der Waals surface area contributed by atoms with E-state index in [0.717, 1.165) is 17.0 Å². The SMILES string of the molecule is COC(=O)c1ccc(CS/C=C(/C)N)cc1. The lowest BCUT2D eigenvalue weighted by Crippen LogP contribution is -2.00. The summed E-state index contributed by atoms with van der Waals surface area (Å²) in [4.78, 5) is 11.2. The molecule has 1 aromatic carbocycles. The monoisotopic (exact) mass is 237 g/mol. The van der Waals surface area contributed by atoms with Gasteiger partial charge in [0.05, 0.1) is 12.7 Å². The lowest BCUT2D eigenvalue weighted by atomic mass is 10.1. The Morgan fingerprint density at radius 3 is 2.56 bits per heavy atom. The molecular formula is C12H15NO2S. The molecule has 0 unspecified atom stereocenters. The first-order chi connectivity index (χ1) is 7.63. The van der Waals surface area contributed by atoms with Gasteiger partial charge in [0, 0.05) is 11.4 Å². The van der Waals surface area contributed by atoms with Crippen molar-refractivity contribution in [2.24, 2.45) is 5.73 Å². The third-order valence-corrected chi connectivity index (χ3v) is 2.93. The molecule has 16 heavy (non-hydrogen) atoms. The second-order valence-corrected chi connectivity index (χ2v) is 4.22. The standard InChI is InChI=1S/C12H15NO2S/c1-9(13)7-16-8-10-3-5-11(6-4-10)12(14)15-2/h3-7H,8,13H2,1-2H3/b9-7-. The molecule has 0 bridgehead atoms. The maximum atomic E-state index is 11.2. The van der Waals surface area contributed by atoms with Gasteiger partial charge in [0.15, 0.2) is 0 Å². The Hall–Kier alpha value is -1.42. The van der Waals surface area contributed by atoms with E-state index in [1.165, 1.54) is 7.11 Å². The van der Waals surface area contributed by atoms with Crippen LogP contribution < -0.4 is 5.73 Å². The van der Waals surface area contributed by atoms with E-state index in [0.29, 0.717) is 5.56 Å². The maximum absolute atomic E-state index is 11.2. The highest BCUT2D eigenvalue weighted by atomic mass is 32.2. The summed E-state index contributed by atoms with van der Waals surface area (Å²) in [6.45, 7) is 1.85. The minimum Gasteiger partial charge on any atom is -0.465 e. The van der Waals surface area contributed by atoms with Crippen molar-refractivity contribution in [1.29, 1.82) is 0 Å². The molecule has 0 saturated carbocycles. The van der Waals surface area contributed by atoms with Gasteiger partial charge in [-0.1, -0.05) is 12.1 Å². The Bertz CT molecular complexity index is 381. The number of methoxy groups -OCH3 is 1. The Labute approximate surface area is 99.7 Å². The van der Waals surface area contributed by atoms with Crippen molar-refractivity contribution in [3.8, 4) is 0 Å². The van der Waals surface area contributed by atoms with Crippen LogP contribution in [0.5, 0.6) is 0 Å². The van der Waals surface area contributed by atoms with Gasteiger partial charge in [-0.15, -0.1) is 11.8 Å². The highest BCUT2D eigenvalue weighted by Gasteiger charge is 2.03. The summed E-state index contributed by atoms with van der Waals surface area (Å²) in [7, 11) is 1.38. The van der Waals surface area contributed by atoms with Crippen LogP contribution in [0.4, 0.5) is 0 Å². The minimum absolute atomic E-state index is 0.308. The lowest BCUT2D eigenvalue weighted by Gasteiger charge is -2.01. The van der Waals surface area contributed by atoms with Gasteiger partial charge in [-0.05, 0) is 30.0 Å². The fourth-order valence-electron chi connectivity index (χ4n) is 1.12. The molecule has 0 amide bonds. The number of rotatable bonds is 4. The Morgan fingerprint density at radius 1 is 1.44 bits per heavy atom. The quantitative estimate of drug-likeness (QED) is 0.818. The fraction of sp³-hybridized carbons (Fsp3) is 0.250. The maximum Gasteiger partial charge on any atom is 0.337 e. The van der Waals surface area contributed by atoms with Gasteiger partial charge in [0.1, 0.15) is 0 Å². The zero-order chi connectivity index (χ0) is 12.0. The predicted molar refractivity (Wildman–Crippen MR) is 67.0 cm³/mol. The zero-order valence-electron chi connectivity index (χ0n) is 9.40. The topological polar surface area (TPSA) is 52.3 Å². The second kappa shape index (κ2) is 6.23. The van der Waals surface area contributed by atoms with Crippen molar-refractivity contribution in [2.75, 3.05) is 7.11 Å². The third-order valence-electron chi connectivity index (χ3n) is 1.89. The van der Waals surface area contributed by atoms with Crippen molar-refractivity contribution in [3.05, 3.63) is 46.5 Å². The van der Waals surface area contributed by atoms with Crippen LogP contribution in [0.2, 0.25) is 0 Å². The van der Waals surface area contributed by atoms with Crippen molar-refractivity contribution >= 4 is 17.7 Å². The average molecular weight is 237 g/mol. The highest BCUT2D eigenvalue weighted by molar-refractivity contribution is 8.01. The largest absolute Gasteiger partial charge is 0.465 e. The second-order valence-electron chi connectivity index (χ2n) is 3.36. The molecule has 0 radical (unpaired) electrons. The molecule has 0 atom stereocenters. The molecule has 1 aromatic rings. The predicted octanol–water partition coefficient (Wildman–Crippen LogP) is 2.53. The minimum atomic E-state index is -0.308. The fourth-order valence-corrected chi connectivity index (χ4v) is 1.86. The number of carbonyl (C=O) groups excluding carboxylic acids is 1. The Morgan fingerprint density at radius 2 is 2.06 bits per heavy atom. The summed E-state index contributed by atoms with van der Waals surface area (Å²) in [6, 6.07) is 7.36. The van der Waals surface area contributed by atoms with E-state index in [4.69, 9.17) is 5.73 Å². The van der Waals surface area contributed by atoms with Crippen molar-refractivity contribution in [3.63, 3.8) is 0 Å². The average Bonchev–Trinajstić information content (AvgIpc) is 2.28. The lowest BCUT2D eigenvalue weighted by molar-refractivity contribution is 0.0601. The molecule has 0 aliphatic heterocycles. The third kappa shape index (κ3) is 3.98. The van der Waals surface area contributed by atoms with Crippen LogP contribution >= 0.6 is 11.8 Å². The van der Waals surface area contributed by atoms with E-state index >= 15 is 0 Å². The molecule has 86 valence electrons. The Kier molecular flexibility index (Phi) is 4.92. The van der Waals surface area contributed by atoms with E-state index in [1.54, 1.807) is 23.9 Å². The van der Waals surface area contributed by atoms with Gasteiger partial charge in [-0.2, -0.15) is 0 Å². The van der Waals surface area contributed by atoms with Crippen molar-refractivity contribution in [1.82, 2.24) is 0 Å².